The zero-order valence-corrected chi connectivity index (χ0v) is 33.5. The van der Waals surface area contributed by atoms with Crippen LogP contribution in [0.4, 0.5) is 5.69 Å². The molecule has 6 aliphatic rings. The Morgan fingerprint density at radius 3 is 2.66 bits per heavy atom. The molecule has 2 fully saturated rings. The summed E-state index contributed by atoms with van der Waals surface area (Å²) < 4.78 is 11.6. The largest absolute Gasteiger partial charge is 0.467 e. The number of esters is 2. The summed E-state index contributed by atoms with van der Waals surface area (Å²) in [6.45, 7) is 11.9. The Morgan fingerprint density at radius 1 is 1.12 bits per heavy atom. The standard InChI is InChI=1S/C45H55N5O6/c1-7-29-21-30-23-44(46-26-51,37-32(14-18-49(24-29)25-30)31-12-9-10-13-35(31)47-37)33-22-34-36(20-27(33)3)48(5)39-43(34)16-19-50-17-11-15-42(8-2,38(43)50)40(56-28(4)52)45(39,54)41(53)55-6/h9-13,15,20-22,26,30,38-40,47,54H,7-8,14,16-19,23-25H2,1-6H3,(H,46,51)/t30-,38-,39?,40+,42+,43+,44-,45-/m0/s1. The molecule has 11 heteroatoms. The van der Waals surface area contributed by atoms with Crippen LogP contribution in [0.3, 0.4) is 0 Å². The number of benzene rings is 2. The molecule has 3 aromatic rings. The Morgan fingerprint density at radius 2 is 1.93 bits per heavy atom. The molecular formula is C45H55N5O6. The van der Waals surface area contributed by atoms with Gasteiger partial charge in [0.1, 0.15) is 5.54 Å². The zero-order valence-electron chi connectivity index (χ0n) is 33.5. The van der Waals surface area contributed by atoms with Crippen LogP contribution in [0.25, 0.3) is 10.9 Å². The van der Waals surface area contributed by atoms with Gasteiger partial charge in [0.15, 0.2) is 6.10 Å². The molecule has 56 heavy (non-hydrogen) atoms. The van der Waals surface area contributed by atoms with Gasteiger partial charge in [-0.1, -0.05) is 61.9 Å². The number of amides is 1. The number of carbonyl (C=O) groups excluding carboxylic acids is 3. The lowest BCUT2D eigenvalue weighted by Gasteiger charge is -2.63. The van der Waals surface area contributed by atoms with E-state index in [1.165, 1.54) is 25.2 Å². The van der Waals surface area contributed by atoms with Gasteiger partial charge in [-0.25, -0.2) is 4.79 Å². The first-order valence-corrected chi connectivity index (χ1v) is 20.4. The third-order valence-electron chi connectivity index (χ3n) is 14.9. The van der Waals surface area contributed by atoms with Crippen molar-refractivity contribution in [3.05, 3.63) is 88.1 Å². The van der Waals surface area contributed by atoms with Crippen LogP contribution in [0.15, 0.2) is 60.2 Å². The van der Waals surface area contributed by atoms with E-state index in [0.717, 1.165) is 84.4 Å². The molecule has 1 aliphatic carbocycles. The van der Waals surface area contributed by atoms with Crippen LogP contribution in [0.5, 0.6) is 0 Å². The number of nitrogens with zero attached hydrogens (tertiary/aromatic N) is 3. The number of fused-ring (bicyclic) bond motifs is 6. The molecule has 1 spiro atoms. The molecule has 0 radical (unpaired) electrons. The van der Waals surface area contributed by atoms with Crippen LogP contribution >= 0.6 is 0 Å². The first-order valence-electron chi connectivity index (χ1n) is 20.4. The maximum absolute atomic E-state index is 14.3. The molecule has 3 N–H and O–H groups in total. The van der Waals surface area contributed by atoms with E-state index in [-0.39, 0.29) is 12.0 Å². The van der Waals surface area contributed by atoms with E-state index in [1.54, 1.807) is 0 Å². The molecule has 1 aromatic heterocycles. The number of likely N-dealkylation sites (N-methyl/N-ethyl adjacent to an activating group) is 1. The SMILES string of the molecule is CCC1=C[C@@H]2CN(CCc3c([nH]c4ccccc34)[C@@](NC=O)(c3cc4c(cc3C)N(C)C3[C@]45CCN4CC=C[C@@](CC)([C@@H](OC(C)=O)[C@]3(O)C(=O)OC)[C@H]45)C2)C1. The number of hydrogen-bond acceptors (Lipinski definition) is 9. The highest BCUT2D eigenvalue weighted by molar-refractivity contribution is 5.88. The van der Waals surface area contributed by atoms with Gasteiger partial charge in [0.2, 0.25) is 12.0 Å². The number of aromatic nitrogens is 1. The fourth-order valence-electron chi connectivity index (χ4n) is 13.0. The molecule has 9 atom stereocenters. The van der Waals surface area contributed by atoms with Crippen molar-refractivity contribution in [1.29, 1.82) is 0 Å². The number of hydrogen-bond donors (Lipinski definition) is 3. The number of carbonyl (C=O) groups is 3. The van der Waals surface area contributed by atoms with Crippen LogP contribution in [0, 0.1) is 18.3 Å². The summed E-state index contributed by atoms with van der Waals surface area (Å²) in [5.74, 6) is -1.20. The van der Waals surface area contributed by atoms with Crippen LogP contribution in [0.2, 0.25) is 0 Å². The Labute approximate surface area is 329 Å². The van der Waals surface area contributed by atoms with Crippen LogP contribution in [0.1, 0.15) is 74.4 Å². The fourth-order valence-corrected chi connectivity index (χ4v) is 13.0. The third kappa shape index (κ3) is 4.77. The monoisotopic (exact) mass is 761 g/mol. The van der Waals surface area contributed by atoms with E-state index in [2.05, 4.69) is 95.5 Å². The average molecular weight is 762 g/mol. The molecule has 1 saturated carbocycles. The molecule has 2 bridgehead atoms. The minimum absolute atomic E-state index is 0.173. The Balaban J connectivity index is 1.34. The number of aliphatic hydroxyl groups is 1. The molecule has 1 amide bonds. The Bertz CT molecular complexity index is 2200. The van der Waals surface area contributed by atoms with Crippen LogP contribution in [-0.4, -0.2) is 109 Å². The van der Waals surface area contributed by atoms with E-state index >= 15 is 0 Å². The second kappa shape index (κ2) is 13.0. The predicted octanol–water partition coefficient (Wildman–Crippen LogP) is 4.63. The smallest absolute Gasteiger partial charge is 0.344 e. The van der Waals surface area contributed by atoms with Crippen LogP contribution in [-0.2, 0) is 41.2 Å². The molecule has 6 heterocycles. The number of aryl methyl sites for hydroxylation is 1. The summed E-state index contributed by atoms with van der Waals surface area (Å²) in [7, 11) is 3.23. The number of anilines is 1. The minimum Gasteiger partial charge on any atom is -0.467 e. The minimum atomic E-state index is -2.21. The molecular weight excluding hydrogens is 707 g/mol. The van der Waals surface area contributed by atoms with Gasteiger partial charge in [0.25, 0.3) is 0 Å². The number of aromatic amines is 1. The zero-order chi connectivity index (χ0) is 39.4. The van der Waals surface area contributed by atoms with Crippen molar-refractivity contribution in [1.82, 2.24) is 20.1 Å². The summed E-state index contributed by atoms with van der Waals surface area (Å²) >= 11 is 0. The summed E-state index contributed by atoms with van der Waals surface area (Å²) in [5.41, 5.74) is 3.82. The third-order valence-corrected chi connectivity index (χ3v) is 14.9. The van der Waals surface area contributed by atoms with Crippen LogP contribution < -0.4 is 10.2 Å². The van der Waals surface area contributed by atoms with Crippen molar-refractivity contribution < 1.29 is 29.0 Å². The molecule has 11 nitrogen and oxygen atoms in total. The second-order valence-corrected chi connectivity index (χ2v) is 17.4. The normalized spacial score (nSPS) is 35.6. The molecule has 5 aliphatic heterocycles. The summed E-state index contributed by atoms with van der Waals surface area (Å²) in [5, 5.41) is 17.9. The summed E-state index contributed by atoms with van der Waals surface area (Å²) in [4.78, 5) is 51.4. The van der Waals surface area contributed by atoms with Gasteiger partial charge < -0.3 is 29.8 Å². The van der Waals surface area contributed by atoms with Gasteiger partial charge >= 0.3 is 11.9 Å². The Kier molecular flexibility index (Phi) is 8.65. The highest BCUT2D eigenvalue weighted by Crippen LogP contribution is 2.67. The van der Waals surface area contributed by atoms with Gasteiger partial charge in [-0.05, 0) is 85.9 Å². The highest BCUT2D eigenvalue weighted by Gasteiger charge is 2.80. The number of rotatable bonds is 7. The second-order valence-electron chi connectivity index (χ2n) is 17.4. The lowest BCUT2D eigenvalue weighted by atomic mass is 9.47. The summed E-state index contributed by atoms with van der Waals surface area (Å²) in [6, 6.07) is 11.9. The van der Waals surface area contributed by atoms with E-state index in [9.17, 15) is 19.5 Å². The Hall–Kier alpha value is -4.45. The number of methoxy groups -OCH3 is 1. The fraction of sp³-hybridized carbons (Fsp3) is 0.533. The van der Waals surface area contributed by atoms with Gasteiger partial charge in [0, 0.05) is 79.3 Å². The summed E-state index contributed by atoms with van der Waals surface area (Å²) in [6.07, 6.45) is 9.96. The van der Waals surface area contributed by atoms with Gasteiger partial charge in [0.05, 0.1) is 13.2 Å². The lowest BCUT2D eigenvalue weighted by molar-refractivity contribution is -0.228. The average Bonchev–Trinajstić information content (AvgIpc) is 3.85. The lowest BCUT2D eigenvalue weighted by Crippen LogP contribution is -2.81. The van der Waals surface area contributed by atoms with Crippen molar-refractivity contribution in [2.45, 2.75) is 94.5 Å². The first-order chi connectivity index (χ1) is 26.9. The van der Waals surface area contributed by atoms with Crippen molar-refractivity contribution in [3.8, 4) is 0 Å². The van der Waals surface area contributed by atoms with E-state index in [1.807, 2.05) is 11.9 Å². The molecule has 9 rings (SSSR count). The van der Waals surface area contributed by atoms with Gasteiger partial charge in [-0.2, -0.15) is 0 Å². The molecule has 2 unspecified atom stereocenters. The van der Waals surface area contributed by atoms with E-state index in [4.69, 9.17) is 9.47 Å². The van der Waals surface area contributed by atoms with E-state index in [0.29, 0.717) is 25.8 Å². The predicted molar refractivity (Wildman–Crippen MR) is 214 cm³/mol. The molecule has 1 saturated heterocycles. The maximum Gasteiger partial charge on any atom is 0.344 e. The maximum atomic E-state index is 14.3. The van der Waals surface area contributed by atoms with E-state index < -0.39 is 46.1 Å². The quantitative estimate of drug-likeness (QED) is 0.180. The first kappa shape index (κ1) is 37.1. The number of nitrogens with one attached hydrogen (secondary N) is 2. The number of H-pyrrole nitrogens is 1. The number of ether oxygens (including phenoxy) is 2. The molecule has 2 aromatic carbocycles. The van der Waals surface area contributed by atoms with Crippen molar-refractivity contribution in [2.24, 2.45) is 11.3 Å². The van der Waals surface area contributed by atoms with Gasteiger partial charge in [-0.3, -0.25) is 19.4 Å². The van der Waals surface area contributed by atoms with Crippen molar-refractivity contribution in [2.75, 3.05) is 51.8 Å². The highest BCUT2D eigenvalue weighted by atomic mass is 16.6. The van der Waals surface area contributed by atoms with Gasteiger partial charge in [-0.15, -0.1) is 0 Å². The van der Waals surface area contributed by atoms with Crippen molar-refractivity contribution >= 4 is 34.9 Å². The topological polar surface area (TPSA) is 127 Å². The molecule has 296 valence electrons. The number of para-hydroxylation sites is 1. The van der Waals surface area contributed by atoms with Crippen molar-refractivity contribution in [3.63, 3.8) is 0 Å².